The minimum atomic E-state index is -0.502. The van der Waals surface area contributed by atoms with Crippen molar-refractivity contribution in [2.45, 2.75) is 38.3 Å². The fourth-order valence-corrected chi connectivity index (χ4v) is 2.79. The fraction of sp³-hybridized carbons (Fsp3) is 0.615. The molecule has 2 aliphatic rings. The molecule has 1 aliphatic heterocycles. The first kappa shape index (κ1) is 12.3. The molecular weight excluding hydrogens is 248 g/mol. The third-order valence-electron chi connectivity index (χ3n) is 3.91. The van der Waals surface area contributed by atoms with Crippen LogP contribution in [0.5, 0.6) is 0 Å². The van der Waals surface area contributed by atoms with Crippen molar-refractivity contribution < 1.29 is 9.53 Å². The van der Waals surface area contributed by atoms with E-state index in [1.165, 1.54) is 17.7 Å². The lowest BCUT2D eigenvalue weighted by molar-refractivity contribution is 0.0733. The number of nitrogens with zero attached hydrogens (tertiary/aromatic N) is 1. The monoisotopic (exact) mass is 264 g/mol. The quantitative estimate of drug-likeness (QED) is 0.805. The van der Waals surface area contributed by atoms with Crippen molar-refractivity contribution in [3.63, 3.8) is 0 Å². The van der Waals surface area contributed by atoms with Gasteiger partial charge in [0.2, 0.25) is 0 Å². The predicted molar refractivity (Wildman–Crippen MR) is 67.4 cm³/mol. The zero-order valence-electron chi connectivity index (χ0n) is 10.7. The molecule has 0 amide bonds. The molecule has 2 fully saturated rings. The second-order valence-electron chi connectivity index (χ2n) is 5.27. The molecule has 19 heavy (non-hydrogen) atoms. The smallest absolute Gasteiger partial charge is 0.328 e. The first-order valence-corrected chi connectivity index (χ1v) is 6.56. The molecule has 1 aromatic heterocycles. The number of ether oxygens (including phenoxy) is 1. The van der Waals surface area contributed by atoms with E-state index < -0.39 is 11.2 Å². The number of ketones is 1. The maximum absolute atomic E-state index is 12.3. The highest BCUT2D eigenvalue weighted by molar-refractivity contribution is 5.93. The number of Topliss-reactive ketones (excluding diaryl/α,β-unsaturated/α-hetero) is 1. The molecule has 1 aromatic rings. The topological polar surface area (TPSA) is 81.2 Å². The van der Waals surface area contributed by atoms with Crippen LogP contribution in [0.2, 0.25) is 0 Å². The van der Waals surface area contributed by atoms with E-state index in [-0.39, 0.29) is 23.5 Å². The fourth-order valence-electron chi connectivity index (χ4n) is 2.79. The highest BCUT2D eigenvalue weighted by Gasteiger charge is 2.42. The number of H-pyrrole nitrogens is 1. The molecule has 1 N–H and O–H groups in total. The molecule has 6 nitrogen and oxygen atoms in total. The number of aromatic amines is 1. The minimum Gasteiger partial charge on any atom is -0.376 e. The predicted octanol–water partition coefficient (Wildman–Crippen LogP) is 0.479. The van der Waals surface area contributed by atoms with E-state index in [0.717, 1.165) is 12.8 Å². The zero-order chi connectivity index (χ0) is 13.6. The molecule has 1 aliphatic carbocycles. The Hall–Kier alpha value is -1.69. The Labute approximate surface area is 109 Å². The highest BCUT2D eigenvalue weighted by atomic mass is 16.5. The third kappa shape index (κ3) is 2.06. The van der Waals surface area contributed by atoms with Crippen molar-refractivity contribution in [2.24, 2.45) is 5.92 Å². The van der Waals surface area contributed by atoms with Gasteiger partial charge in [-0.05, 0) is 32.1 Å². The lowest BCUT2D eigenvalue weighted by Crippen LogP contribution is -2.43. The first-order chi connectivity index (χ1) is 9.09. The summed E-state index contributed by atoms with van der Waals surface area (Å²) in [5.41, 5.74) is -0.936. The van der Waals surface area contributed by atoms with E-state index in [0.29, 0.717) is 18.9 Å². The third-order valence-corrected chi connectivity index (χ3v) is 3.91. The molecule has 3 rings (SSSR count). The van der Waals surface area contributed by atoms with Crippen LogP contribution in [0.1, 0.15) is 42.6 Å². The SMILES string of the molecule is CC(=O)c1c[nH]c(=O)n(C2CCOC2C2CC2)c1=O. The maximum Gasteiger partial charge on any atom is 0.328 e. The van der Waals surface area contributed by atoms with E-state index in [1.54, 1.807) is 0 Å². The van der Waals surface area contributed by atoms with Gasteiger partial charge in [0.05, 0.1) is 17.7 Å². The van der Waals surface area contributed by atoms with Crippen LogP contribution in [-0.4, -0.2) is 28.0 Å². The van der Waals surface area contributed by atoms with Gasteiger partial charge in [0, 0.05) is 12.8 Å². The van der Waals surface area contributed by atoms with Crippen molar-refractivity contribution >= 4 is 5.78 Å². The molecule has 2 unspecified atom stereocenters. The first-order valence-electron chi connectivity index (χ1n) is 6.56. The van der Waals surface area contributed by atoms with Gasteiger partial charge in [-0.3, -0.25) is 14.2 Å². The molecule has 0 aromatic carbocycles. The lowest BCUT2D eigenvalue weighted by atomic mass is 10.1. The number of hydrogen-bond acceptors (Lipinski definition) is 4. The van der Waals surface area contributed by atoms with Gasteiger partial charge in [-0.15, -0.1) is 0 Å². The van der Waals surface area contributed by atoms with Crippen LogP contribution >= 0.6 is 0 Å². The largest absolute Gasteiger partial charge is 0.376 e. The molecule has 2 atom stereocenters. The molecule has 6 heteroatoms. The van der Waals surface area contributed by atoms with Gasteiger partial charge < -0.3 is 9.72 Å². The number of hydrogen-bond donors (Lipinski definition) is 1. The summed E-state index contributed by atoms with van der Waals surface area (Å²) < 4.78 is 6.83. The second-order valence-corrected chi connectivity index (χ2v) is 5.27. The summed E-state index contributed by atoms with van der Waals surface area (Å²) in [6.45, 7) is 1.88. The van der Waals surface area contributed by atoms with E-state index >= 15 is 0 Å². The van der Waals surface area contributed by atoms with Gasteiger partial charge in [0.1, 0.15) is 0 Å². The zero-order valence-corrected chi connectivity index (χ0v) is 10.7. The molecular formula is C13H16N2O4. The average Bonchev–Trinajstić information content (AvgIpc) is 3.09. The van der Waals surface area contributed by atoms with Gasteiger partial charge in [0.25, 0.3) is 5.56 Å². The average molecular weight is 264 g/mol. The van der Waals surface area contributed by atoms with Gasteiger partial charge in [-0.25, -0.2) is 4.79 Å². The van der Waals surface area contributed by atoms with Gasteiger partial charge in [-0.1, -0.05) is 0 Å². The maximum atomic E-state index is 12.3. The lowest BCUT2D eigenvalue weighted by Gasteiger charge is -2.19. The summed E-state index contributed by atoms with van der Waals surface area (Å²) in [4.78, 5) is 38.1. The highest BCUT2D eigenvalue weighted by Crippen LogP contribution is 2.42. The van der Waals surface area contributed by atoms with Gasteiger partial charge in [-0.2, -0.15) is 0 Å². The van der Waals surface area contributed by atoms with Crippen LogP contribution in [0.4, 0.5) is 0 Å². The van der Waals surface area contributed by atoms with E-state index in [9.17, 15) is 14.4 Å². The molecule has 0 radical (unpaired) electrons. The van der Waals surface area contributed by atoms with Crippen LogP contribution in [0.3, 0.4) is 0 Å². The summed E-state index contributed by atoms with van der Waals surface area (Å²) in [5, 5.41) is 0. The van der Waals surface area contributed by atoms with Crippen LogP contribution in [0, 0.1) is 5.92 Å². The Morgan fingerprint density at radius 1 is 1.37 bits per heavy atom. The normalized spacial score (nSPS) is 26.6. The Kier molecular flexibility index (Phi) is 2.89. The summed E-state index contributed by atoms with van der Waals surface area (Å²) in [6, 6.07) is -0.247. The number of aromatic nitrogens is 2. The van der Waals surface area contributed by atoms with Crippen LogP contribution in [0.25, 0.3) is 0 Å². The Morgan fingerprint density at radius 2 is 2.11 bits per heavy atom. The van der Waals surface area contributed by atoms with Crippen molar-refractivity contribution in [3.8, 4) is 0 Å². The Bertz CT molecular complexity index is 626. The van der Waals surface area contributed by atoms with E-state index in [2.05, 4.69) is 4.98 Å². The van der Waals surface area contributed by atoms with Crippen molar-refractivity contribution in [1.29, 1.82) is 0 Å². The standard InChI is InChI=1S/C13H16N2O4/c1-7(16)9-6-14-13(18)15(12(9)17)10-4-5-19-11(10)8-2-3-8/h6,8,10-11H,2-5H2,1H3,(H,14,18). The van der Waals surface area contributed by atoms with Gasteiger partial charge >= 0.3 is 5.69 Å². The van der Waals surface area contributed by atoms with Crippen molar-refractivity contribution in [1.82, 2.24) is 9.55 Å². The second kappa shape index (κ2) is 4.45. The van der Waals surface area contributed by atoms with E-state index in [4.69, 9.17) is 4.74 Å². The number of carbonyl (C=O) groups excluding carboxylic acids is 1. The molecule has 0 bridgehead atoms. The van der Waals surface area contributed by atoms with Crippen LogP contribution in [0.15, 0.2) is 15.8 Å². The molecule has 0 spiro atoms. The van der Waals surface area contributed by atoms with Crippen LogP contribution < -0.4 is 11.2 Å². The van der Waals surface area contributed by atoms with E-state index in [1.807, 2.05) is 0 Å². The number of carbonyl (C=O) groups is 1. The minimum absolute atomic E-state index is 0.0287. The van der Waals surface area contributed by atoms with Crippen molar-refractivity contribution in [3.05, 3.63) is 32.6 Å². The molecule has 1 saturated carbocycles. The van der Waals surface area contributed by atoms with Crippen LogP contribution in [-0.2, 0) is 4.74 Å². The summed E-state index contributed by atoms with van der Waals surface area (Å²) in [7, 11) is 0. The summed E-state index contributed by atoms with van der Waals surface area (Å²) in [6.07, 6.45) is 3.94. The molecule has 102 valence electrons. The summed E-state index contributed by atoms with van der Waals surface area (Å²) in [5.74, 6) is 0.108. The van der Waals surface area contributed by atoms with Gasteiger partial charge in [0.15, 0.2) is 5.78 Å². The van der Waals surface area contributed by atoms with Crippen molar-refractivity contribution in [2.75, 3.05) is 6.61 Å². The molecule has 1 saturated heterocycles. The Morgan fingerprint density at radius 3 is 2.74 bits per heavy atom. The number of rotatable bonds is 3. The Balaban J connectivity index is 2.08. The molecule has 2 heterocycles. The summed E-state index contributed by atoms with van der Waals surface area (Å²) >= 11 is 0. The number of nitrogens with one attached hydrogen (secondary N) is 1.